The maximum absolute atomic E-state index is 12.8. The molecule has 0 saturated heterocycles. The average molecular weight is 409 g/mol. The van der Waals surface area contributed by atoms with Crippen LogP contribution in [0.15, 0.2) is 27.4 Å². The number of aryl methyl sites for hydroxylation is 2. The molecule has 3 rings (SSSR count). The van der Waals surface area contributed by atoms with Crippen LogP contribution in [0.25, 0.3) is 11.0 Å². The summed E-state index contributed by atoms with van der Waals surface area (Å²) < 4.78 is 11.1. The largest absolute Gasteiger partial charge is 0.423 e. The minimum absolute atomic E-state index is 0. The average Bonchev–Trinajstić information content (AvgIpc) is 2.62. The first kappa shape index (κ1) is 22.4. The molecule has 3 atom stereocenters. The van der Waals surface area contributed by atoms with Gasteiger partial charge in [0.2, 0.25) is 5.91 Å². The molecule has 0 bridgehead atoms. The second kappa shape index (κ2) is 9.54. The number of amides is 1. The Morgan fingerprint density at radius 2 is 2.00 bits per heavy atom. The monoisotopic (exact) mass is 408 g/mol. The van der Waals surface area contributed by atoms with Crippen molar-refractivity contribution >= 4 is 35.0 Å². The summed E-state index contributed by atoms with van der Waals surface area (Å²) in [5, 5.41) is 3.87. The van der Waals surface area contributed by atoms with Crippen LogP contribution in [-0.2, 0) is 9.53 Å². The van der Waals surface area contributed by atoms with Crippen molar-refractivity contribution in [2.75, 3.05) is 11.9 Å². The Kier molecular flexibility index (Phi) is 7.63. The van der Waals surface area contributed by atoms with Gasteiger partial charge in [0.25, 0.3) is 0 Å². The van der Waals surface area contributed by atoms with Gasteiger partial charge in [0.05, 0.1) is 6.10 Å². The van der Waals surface area contributed by atoms with Crippen LogP contribution in [-0.4, -0.2) is 24.7 Å². The molecule has 2 aromatic rings. The molecule has 0 spiro atoms. The third-order valence-corrected chi connectivity index (χ3v) is 5.30. The summed E-state index contributed by atoms with van der Waals surface area (Å²) in [5.74, 6) is -0.124. The van der Waals surface area contributed by atoms with Crippen molar-refractivity contribution in [3.8, 4) is 0 Å². The minimum Gasteiger partial charge on any atom is -0.423 e. The van der Waals surface area contributed by atoms with Gasteiger partial charge in [-0.1, -0.05) is 6.92 Å². The number of carbonyl (C=O) groups excluding carboxylic acids is 1. The quantitative estimate of drug-likeness (QED) is 0.735. The molecule has 28 heavy (non-hydrogen) atoms. The Hall–Kier alpha value is -1.89. The smallest absolute Gasteiger partial charge is 0.336 e. The van der Waals surface area contributed by atoms with E-state index in [4.69, 9.17) is 14.9 Å². The van der Waals surface area contributed by atoms with E-state index in [-0.39, 0.29) is 42.0 Å². The van der Waals surface area contributed by atoms with Gasteiger partial charge in [-0.25, -0.2) is 4.79 Å². The number of fused-ring (bicyclic) bond motifs is 1. The van der Waals surface area contributed by atoms with Crippen LogP contribution >= 0.6 is 12.4 Å². The molecular weight excluding hydrogens is 380 g/mol. The van der Waals surface area contributed by atoms with E-state index >= 15 is 0 Å². The Balaban J connectivity index is 0.00000280. The number of halogens is 1. The van der Waals surface area contributed by atoms with E-state index in [0.717, 1.165) is 41.5 Å². The molecular formula is C21H29ClN2O4. The Morgan fingerprint density at radius 3 is 2.71 bits per heavy atom. The fraction of sp³-hybridized carbons (Fsp3) is 0.524. The molecule has 1 heterocycles. The number of benzene rings is 1. The molecule has 1 fully saturated rings. The molecule has 7 heteroatoms. The number of hydrogen-bond donors (Lipinski definition) is 2. The van der Waals surface area contributed by atoms with Gasteiger partial charge in [0.15, 0.2) is 0 Å². The van der Waals surface area contributed by atoms with Gasteiger partial charge in [-0.15, -0.1) is 12.4 Å². The van der Waals surface area contributed by atoms with Crippen LogP contribution in [0.3, 0.4) is 0 Å². The third-order valence-electron chi connectivity index (χ3n) is 5.30. The van der Waals surface area contributed by atoms with Crippen molar-refractivity contribution < 1.29 is 13.9 Å². The molecule has 1 aliphatic rings. The maximum atomic E-state index is 12.8. The summed E-state index contributed by atoms with van der Waals surface area (Å²) in [6.07, 6.45) is 3.07. The van der Waals surface area contributed by atoms with Gasteiger partial charge < -0.3 is 20.2 Å². The zero-order valence-electron chi connectivity index (χ0n) is 16.6. The topological polar surface area (TPSA) is 94.6 Å². The Labute approximate surface area is 171 Å². The van der Waals surface area contributed by atoms with Crippen molar-refractivity contribution in [2.24, 2.45) is 11.7 Å². The zero-order chi connectivity index (χ0) is 19.6. The molecule has 1 aliphatic carbocycles. The molecule has 0 unspecified atom stereocenters. The second-order valence-corrected chi connectivity index (χ2v) is 7.48. The summed E-state index contributed by atoms with van der Waals surface area (Å²) in [6.45, 7) is 6.48. The number of rotatable bonds is 5. The molecule has 0 radical (unpaired) electrons. The zero-order valence-corrected chi connectivity index (χ0v) is 17.4. The van der Waals surface area contributed by atoms with E-state index in [9.17, 15) is 9.59 Å². The first-order chi connectivity index (χ1) is 12.9. The van der Waals surface area contributed by atoms with E-state index in [0.29, 0.717) is 18.6 Å². The highest BCUT2D eigenvalue weighted by Crippen LogP contribution is 2.29. The van der Waals surface area contributed by atoms with Gasteiger partial charge in [0.1, 0.15) is 5.58 Å². The summed E-state index contributed by atoms with van der Waals surface area (Å²) in [4.78, 5) is 24.4. The van der Waals surface area contributed by atoms with Crippen LogP contribution in [0.4, 0.5) is 5.69 Å². The van der Waals surface area contributed by atoms with Gasteiger partial charge in [-0.2, -0.15) is 0 Å². The normalized spacial score (nSPS) is 21.9. The molecule has 3 N–H and O–H groups in total. The Morgan fingerprint density at radius 1 is 1.25 bits per heavy atom. The lowest BCUT2D eigenvalue weighted by atomic mass is 9.83. The fourth-order valence-electron chi connectivity index (χ4n) is 3.69. The van der Waals surface area contributed by atoms with Crippen LogP contribution in [0.2, 0.25) is 0 Å². The SMILES string of the molecule is CCCO[C@H]1C[C@@H](C(=O)Nc2cc3c(C)cc(=O)oc3cc2C)CC[C@@H]1N.Cl. The number of ether oxygens (including phenoxy) is 1. The predicted octanol–water partition coefficient (Wildman–Crippen LogP) is 3.69. The lowest BCUT2D eigenvalue weighted by Gasteiger charge is -2.33. The standard InChI is InChI=1S/C21H28N2O4.ClH/c1-4-7-26-19-10-14(5-6-16(19)22)21(25)23-17-11-15-12(2)9-20(24)27-18(15)8-13(17)3;/h8-9,11,14,16,19H,4-7,10,22H2,1-3H3,(H,23,25);1H/t14-,16-,19-;/m0./s1. The summed E-state index contributed by atoms with van der Waals surface area (Å²) in [6, 6.07) is 5.12. The highest BCUT2D eigenvalue weighted by Gasteiger charge is 2.32. The fourth-order valence-corrected chi connectivity index (χ4v) is 3.69. The van der Waals surface area contributed by atoms with Crippen LogP contribution in [0, 0.1) is 19.8 Å². The van der Waals surface area contributed by atoms with E-state index < -0.39 is 0 Å². The number of hydrogen-bond acceptors (Lipinski definition) is 5. The van der Waals surface area contributed by atoms with Crippen molar-refractivity contribution in [2.45, 2.75) is 58.6 Å². The first-order valence-corrected chi connectivity index (χ1v) is 9.62. The number of nitrogens with two attached hydrogens (primary N) is 1. The molecule has 1 aromatic heterocycles. The molecule has 1 aromatic carbocycles. The van der Waals surface area contributed by atoms with E-state index in [2.05, 4.69) is 12.2 Å². The second-order valence-electron chi connectivity index (χ2n) is 7.48. The lowest BCUT2D eigenvalue weighted by Crippen LogP contribution is -2.44. The lowest BCUT2D eigenvalue weighted by molar-refractivity contribution is -0.123. The molecule has 154 valence electrons. The molecule has 1 saturated carbocycles. The van der Waals surface area contributed by atoms with Crippen molar-refractivity contribution in [3.05, 3.63) is 39.7 Å². The maximum Gasteiger partial charge on any atom is 0.336 e. The first-order valence-electron chi connectivity index (χ1n) is 9.62. The minimum atomic E-state index is -0.368. The van der Waals surface area contributed by atoms with Crippen LogP contribution in [0.5, 0.6) is 0 Å². The van der Waals surface area contributed by atoms with E-state index in [1.165, 1.54) is 6.07 Å². The molecule has 1 amide bonds. The van der Waals surface area contributed by atoms with Gasteiger partial charge in [-0.05, 0) is 62.8 Å². The third kappa shape index (κ3) is 4.93. The number of nitrogens with one attached hydrogen (secondary N) is 1. The summed E-state index contributed by atoms with van der Waals surface area (Å²) in [7, 11) is 0. The number of anilines is 1. The summed E-state index contributed by atoms with van der Waals surface area (Å²) >= 11 is 0. The van der Waals surface area contributed by atoms with Gasteiger partial charge in [-0.3, -0.25) is 4.79 Å². The van der Waals surface area contributed by atoms with Crippen molar-refractivity contribution in [3.63, 3.8) is 0 Å². The Bertz CT molecular complexity index is 896. The van der Waals surface area contributed by atoms with Crippen molar-refractivity contribution in [1.29, 1.82) is 0 Å². The summed E-state index contributed by atoms with van der Waals surface area (Å²) in [5.41, 5.74) is 8.75. The number of carbonyl (C=O) groups is 1. The van der Waals surface area contributed by atoms with Crippen LogP contribution in [0.1, 0.15) is 43.7 Å². The molecule has 0 aliphatic heterocycles. The highest BCUT2D eigenvalue weighted by atomic mass is 35.5. The molecule has 6 nitrogen and oxygen atoms in total. The van der Waals surface area contributed by atoms with Crippen molar-refractivity contribution in [1.82, 2.24) is 0 Å². The van der Waals surface area contributed by atoms with Gasteiger partial charge in [0, 0.05) is 35.7 Å². The van der Waals surface area contributed by atoms with Crippen LogP contribution < -0.4 is 16.7 Å². The highest BCUT2D eigenvalue weighted by molar-refractivity contribution is 5.96. The predicted molar refractivity (Wildman–Crippen MR) is 113 cm³/mol. The van der Waals surface area contributed by atoms with E-state index in [1.807, 2.05) is 19.9 Å². The van der Waals surface area contributed by atoms with E-state index in [1.54, 1.807) is 6.07 Å². The van der Waals surface area contributed by atoms with Gasteiger partial charge >= 0.3 is 5.63 Å².